The molecule has 3 amide bonds. The van der Waals surface area contributed by atoms with Crippen LogP contribution in [0.3, 0.4) is 0 Å². The monoisotopic (exact) mass is 476 g/mol. The molecule has 29 heavy (non-hydrogen) atoms. The maximum atomic E-state index is 12.1. The van der Waals surface area contributed by atoms with Crippen molar-refractivity contribution in [1.29, 1.82) is 0 Å². The van der Waals surface area contributed by atoms with Gasteiger partial charge in [-0.2, -0.15) is 0 Å². The first-order valence-electron chi connectivity index (χ1n) is 8.65. The average Bonchev–Trinajstić information content (AvgIpc) is 2.99. The maximum Gasteiger partial charge on any atom is 0.290 e. The van der Waals surface area contributed by atoms with Gasteiger partial charge < -0.3 is 14.8 Å². The fourth-order valence-electron chi connectivity index (χ4n) is 2.50. The number of ether oxygens (including phenoxy) is 2. The number of hydrogen-bond acceptors (Lipinski definition) is 6. The molecule has 2 N–H and O–H groups in total. The van der Waals surface area contributed by atoms with Crippen LogP contribution in [0, 0.1) is 0 Å². The van der Waals surface area contributed by atoms with Gasteiger partial charge in [0.1, 0.15) is 0 Å². The van der Waals surface area contributed by atoms with Crippen molar-refractivity contribution in [2.24, 2.45) is 0 Å². The van der Waals surface area contributed by atoms with Crippen LogP contribution in [0.5, 0.6) is 11.5 Å². The van der Waals surface area contributed by atoms with Crippen LogP contribution in [0.2, 0.25) is 0 Å². The van der Waals surface area contributed by atoms with Crippen molar-refractivity contribution in [3.8, 4) is 11.5 Å². The Labute approximate surface area is 180 Å². The number of carbonyl (C=O) groups is 3. The Balaban J connectivity index is 1.76. The van der Waals surface area contributed by atoms with Crippen LogP contribution in [-0.2, 0) is 9.59 Å². The molecular formula is C20H17BrN2O5S. The number of thioether (sulfide) groups is 1. The second-order valence-corrected chi connectivity index (χ2v) is 7.69. The van der Waals surface area contributed by atoms with Gasteiger partial charge in [-0.1, -0.05) is 18.2 Å². The molecule has 0 bridgehead atoms. The number of amides is 3. The molecule has 0 saturated carbocycles. The Morgan fingerprint density at radius 3 is 2.62 bits per heavy atom. The fraction of sp³-hybridized carbons (Fsp3) is 0.150. The van der Waals surface area contributed by atoms with Gasteiger partial charge in [-0.3, -0.25) is 19.7 Å². The van der Waals surface area contributed by atoms with Crippen LogP contribution in [0.1, 0.15) is 12.5 Å². The largest absolute Gasteiger partial charge is 0.490 e. The van der Waals surface area contributed by atoms with Crippen molar-refractivity contribution in [2.45, 2.75) is 6.92 Å². The van der Waals surface area contributed by atoms with Gasteiger partial charge in [-0.15, -0.1) is 0 Å². The van der Waals surface area contributed by atoms with Crippen LogP contribution in [0.4, 0.5) is 10.5 Å². The summed E-state index contributed by atoms with van der Waals surface area (Å²) < 4.78 is 11.9. The Morgan fingerprint density at radius 1 is 1.21 bits per heavy atom. The number of para-hydroxylation sites is 1. The number of nitrogens with one attached hydrogen (secondary N) is 2. The molecule has 3 rings (SSSR count). The molecule has 1 heterocycles. The molecule has 0 radical (unpaired) electrons. The van der Waals surface area contributed by atoms with Gasteiger partial charge in [0.15, 0.2) is 18.1 Å². The number of benzene rings is 2. The summed E-state index contributed by atoms with van der Waals surface area (Å²) in [6, 6.07) is 12.5. The minimum absolute atomic E-state index is 0.208. The van der Waals surface area contributed by atoms with Gasteiger partial charge in [0.05, 0.1) is 16.0 Å². The van der Waals surface area contributed by atoms with Crippen LogP contribution in [0.25, 0.3) is 6.08 Å². The predicted molar refractivity (Wildman–Crippen MR) is 115 cm³/mol. The summed E-state index contributed by atoms with van der Waals surface area (Å²) in [5.74, 6) is 0.0362. The molecule has 2 aromatic carbocycles. The third kappa shape index (κ3) is 5.61. The standard InChI is InChI=1S/C20H17BrN2O5S/c1-2-27-15-9-12(10-16-19(25)23-20(26)29-16)8-14(21)18(15)28-11-17(24)22-13-6-4-3-5-7-13/h3-10H,2,11H2,1H3,(H,22,24)(H,23,25,26)/b16-10-. The summed E-state index contributed by atoms with van der Waals surface area (Å²) in [5, 5.41) is 4.55. The molecular weight excluding hydrogens is 460 g/mol. The number of anilines is 1. The van der Waals surface area contributed by atoms with E-state index in [1.54, 1.807) is 30.3 Å². The summed E-state index contributed by atoms with van der Waals surface area (Å²) in [5.41, 5.74) is 1.32. The molecule has 0 aliphatic carbocycles. The molecule has 0 aromatic heterocycles. The average molecular weight is 477 g/mol. The third-order valence-corrected chi connectivity index (χ3v) is 5.08. The quantitative estimate of drug-likeness (QED) is 0.581. The van der Waals surface area contributed by atoms with E-state index in [-0.39, 0.29) is 12.5 Å². The Bertz CT molecular complexity index is 978. The lowest BCUT2D eigenvalue weighted by atomic mass is 10.2. The van der Waals surface area contributed by atoms with Gasteiger partial charge in [-0.05, 0) is 70.5 Å². The van der Waals surface area contributed by atoms with E-state index in [0.29, 0.717) is 38.7 Å². The number of halogens is 1. The topological polar surface area (TPSA) is 93.7 Å². The van der Waals surface area contributed by atoms with Crippen LogP contribution >= 0.6 is 27.7 Å². The van der Waals surface area contributed by atoms with Crippen molar-refractivity contribution in [1.82, 2.24) is 5.32 Å². The molecule has 2 aromatic rings. The van der Waals surface area contributed by atoms with E-state index in [1.807, 2.05) is 25.1 Å². The highest BCUT2D eigenvalue weighted by molar-refractivity contribution is 9.10. The van der Waals surface area contributed by atoms with Gasteiger partial charge in [-0.25, -0.2) is 0 Å². The molecule has 1 aliphatic rings. The van der Waals surface area contributed by atoms with Crippen LogP contribution in [0.15, 0.2) is 51.8 Å². The lowest BCUT2D eigenvalue weighted by Gasteiger charge is -2.15. The maximum absolute atomic E-state index is 12.1. The second-order valence-electron chi connectivity index (χ2n) is 5.82. The third-order valence-electron chi connectivity index (χ3n) is 3.68. The number of rotatable bonds is 7. The van der Waals surface area contributed by atoms with Gasteiger partial charge in [0, 0.05) is 5.69 Å². The molecule has 1 aliphatic heterocycles. The van der Waals surface area contributed by atoms with Crippen molar-refractivity contribution < 1.29 is 23.9 Å². The highest BCUT2D eigenvalue weighted by Crippen LogP contribution is 2.38. The van der Waals surface area contributed by atoms with Gasteiger partial charge in [0.2, 0.25) is 0 Å². The van der Waals surface area contributed by atoms with Crippen LogP contribution in [-0.4, -0.2) is 30.3 Å². The Hall–Kier alpha value is -2.78. The zero-order valence-electron chi connectivity index (χ0n) is 15.4. The van der Waals surface area contributed by atoms with E-state index in [9.17, 15) is 14.4 Å². The molecule has 150 valence electrons. The first kappa shape index (κ1) is 20.9. The second kappa shape index (κ2) is 9.62. The van der Waals surface area contributed by atoms with Crippen molar-refractivity contribution in [3.05, 3.63) is 57.4 Å². The first-order chi connectivity index (χ1) is 14.0. The molecule has 7 nitrogen and oxygen atoms in total. The Kier molecular flexibility index (Phi) is 6.95. The summed E-state index contributed by atoms with van der Waals surface area (Å²) in [4.78, 5) is 35.5. The van der Waals surface area contributed by atoms with E-state index < -0.39 is 11.1 Å². The molecule has 0 unspecified atom stereocenters. The summed E-state index contributed by atoms with van der Waals surface area (Å²) in [6.07, 6.45) is 1.59. The smallest absolute Gasteiger partial charge is 0.290 e. The zero-order valence-corrected chi connectivity index (χ0v) is 17.8. The minimum atomic E-state index is -0.438. The molecule has 0 spiro atoms. The normalized spacial score (nSPS) is 14.6. The number of imide groups is 1. The summed E-state index contributed by atoms with van der Waals surface area (Å²) >= 11 is 4.26. The number of carbonyl (C=O) groups excluding carboxylic acids is 3. The van der Waals surface area contributed by atoms with E-state index in [2.05, 4.69) is 26.6 Å². The van der Waals surface area contributed by atoms with Crippen molar-refractivity contribution >= 4 is 56.5 Å². The van der Waals surface area contributed by atoms with Crippen molar-refractivity contribution in [2.75, 3.05) is 18.5 Å². The highest BCUT2D eigenvalue weighted by Gasteiger charge is 2.25. The number of hydrogen-bond donors (Lipinski definition) is 2. The molecule has 1 fully saturated rings. The van der Waals surface area contributed by atoms with E-state index >= 15 is 0 Å². The van der Waals surface area contributed by atoms with Gasteiger partial charge >= 0.3 is 0 Å². The summed E-state index contributed by atoms with van der Waals surface area (Å²) in [6.45, 7) is 2.00. The SMILES string of the molecule is CCOc1cc(/C=C2\SC(=O)NC2=O)cc(Br)c1OCC(=O)Nc1ccccc1. The molecule has 1 saturated heterocycles. The lowest BCUT2D eigenvalue weighted by molar-refractivity contribution is -0.118. The zero-order chi connectivity index (χ0) is 20.8. The van der Waals surface area contributed by atoms with E-state index in [1.165, 1.54) is 0 Å². The van der Waals surface area contributed by atoms with Crippen LogP contribution < -0.4 is 20.1 Å². The molecule has 0 atom stereocenters. The lowest BCUT2D eigenvalue weighted by Crippen LogP contribution is -2.20. The first-order valence-corrected chi connectivity index (χ1v) is 10.3. The van der Waals surface area contributed by atoms with E-state index in [4.69, 9.17) is 9.47 Å². The highest BCUT2D eigenvalue weighted by atomic mass is 79.9. The molecule has 9 heteroatoms. The summed E-state index contributed by atoms with van der Waals surface area (Å²) in [7, 11) is 0. The minimum Gasteiger partial charge on any atom is -0.490 e. The van der Waals surface area contributed by atoms with Crippen molar-refractivity contribution in [3.63, 3.8) is 0 Å². The van der Waals surface area contributed by atoms with E-state index in [0.717, 1.165) is 11.8 Å². The predicted octanol–water partition coefficient (Wildman–Crippen LogP) is 4.19. The fourth-order valence-corrected chi connectivity index (χ4v) is 3.76. The van der Waals surface area contributed by atoms with Gasteiger partial charge in [0.25, 0.3) is 17.1 Å². The Morgan fingerprint density at radius 2 is 1.97 bits per heavy atom.